The Morgan fingerprint density at radius 1 is 1.30 bits per heavy atom. The number of nitrogens with two attached hydrogens (primary N) is 1. The number of carbonyl (C=O) groups is 1. The summed E-state index contributed by atoms with van der Waals surface area (Å²) in [5.41, 5.74) is 6.70. The molecule has 0 fully saturated rings. The molecular formula is C14H13Cl2N3O. The number of rotatable bonds is 3. The van der Waals surface area contributed by atoms with Gasteiger partial charge in [-0.3, -0.25) is 4.79 Å². The molecule has 0 spiro atoms. The minimum atomic E-state index is -0.285. The number of anilines is 1. The van der Waals surface area contributed by atoms with Gasteiger partial charge < -0.3 is 11.1 Å². The zero-order valence-electron chi connectivity index (χ0n) is 10.7. The smallest absolute Gasteiger partial charge is 0.253 e. The van der Waals surface area contributed by atoms with Crippen molar-refractivity contribution in [2.45, 2.75) is 13.0 Å². The molecule has 1 unspecified atom stereocenters. The number of hydrogen-bond donors (Lipinski definition) is 2. The third kappa shape index (κ3) is 3.21. The number of pyridine rings is 1. The number of halogens is 2. The lowest BCUT2D eigenvalue weighted by Gasteiger charge is -2.15. The molecule has 1 amide bonds. The Kier molecular flexibility index (Phi) is 4.47. The Hall–Kier alpha value is -1.78. The van der Waals surface area contributed by atoms with Gasteiger partial charge in [0.25, 0.3) is 5.91 Å². The fourth-order valence-electron chi connectivity index (χ4n) is 1.76. The third-order valence-corrected chi connectivity index (χ3v) is 3.50. The van der Waals surface area contributed by atoms with Gasteiger partial charge in [-0.05, 0) is 24.6 Å². The lowest BCUT2D eigenvalue weighted by Crippen LogP contribution is -2.27. The van der Waals surface area contributed by atoms with Crippen LogP contribution in [-0.4, -0.2) is 10.9 Å². The second-order valence-corrected chi connectivity index (χ2v) is 5.12. The molecule has 0 aliphatic carbocycles. The zero-order chi connectivity index (χ0) is 14.7. The Balaban J connectivity index is 2.15. The maximum Gasteiger partial charge on any atom is 0.253 e. The van der Waals surface area contributed by atoms with Crippen molar-refractivity contribution < 1.29 is 4.79 Å². The van der Waals surface area contributed by atoms with Gasteiger partial charge in [-0.25, -0.2) is 4.98 Å². The van der Waals surface area contributed by atoms with E-state index >= 15 is 0 Å². The van der Waals surface area contributed by atoms with Gasteiger partial charge in [0, 0.05) is 11.2 Å². The molecule has 1 atom stereocenters. The van der Waals surface area contributed by atoms with Crippen LogP contribution in [0.1, 0.15) is 28.9 Å². The molecule has 0 radical (unpaired) electrons. The van der Waals surface area contributed by atoms with Gasteiger partial charge in [-0.2, -0.15) is 0 Å². The molecular weight excluding hydrogens is 297 g/mol. The van der Waals surface area contributed by atoms with E-state index in [0.29, 0.717) is 10.6 Å². The van der Waals surface area contributed by atoms with Crippen molar-refractivity contribution in [3.05, 3.63) is 57.7 Å². The van der Waals surface area contributed by atoms with E-state index in [1.54, 1.807) is 6.07 Å². The Labute approximate surface area is 126 Å². The van der Waals surface area contributed by atoms with Crippen molar-refractivity contribution in [2.75, 3.05) is 5.73 Å². The predicted molar refractivity (Wildman–Crippen MR) is 81.0 cm³/mol. The lowest BCUT2D eigenvalue weighted by atomic mass is 10.1. The first-order valence-electron chi connectivity index (χ1n) is 5.95. The molecule has 0 aliphatic rings. The quantitative estimate of drug-likeness (QED) is 0.912. The Bertz CT molecular complexity index is 646. The van der Waals surface area contributed by atoms with Gasteiger partial charge in [0.15, 0.2) is 0 Å². The van der Waals surface area contributed by atoms with Gasteiger partial charge in [0.2, 0.25) is 0 Å². The summed E-state index contributed by atoms with van der Waals surface area (Å²) in [4.78, 5) is 16.0. The normalized spacial score (nSPS) is 11.9. The highest BCUT2D eigenvalue weighted by molar-refractivity contribution is 6.33. The molecule has 0 aliphatic heterocycles. The van der Waals surface area contributed by atoms with Crippen LogP contribution in [0.5, 0.6) is 0 Å². The number of nitrogens with one attached hydrogen (secondary N) is 1. The second kappa shape index (κ2) is 6.11. The van der Waals surface area contributed by atoms with Crippen molar-refractivity contribution in [1.82, 2.24) is 10.3 Å². The monoisotopic (exact) mass is 309 g/mol. The van der Waals surface area contributed by atoms with Crippen LogP contribution in [0.15, 0.2) is 36.5 Å². The SMILES string of the molecule is CC(NC(=O)c1cnc(N)c(Cl)c1)c1ccccc1Cl. The summed E-state index contributed by atoms with van der Waals surface area (Å²) in [5, 5.41) is 3.70. The average Bonchev–Trinajstić information content (AvgIpc) is 2.42. The second-order valence-electron chi connectivity index (χ2n) is 4.31. The van der Waals surface area contributed by atoms with Crippen LogP contribution >= 0.6 is 23.2 Å². The summed E-state index contributed by atoms with van der Waals surface area (Å²) >= 11 is 11.9. The van der Waals surface area contributed by atoms with Crippen LogP contribution in [-0.2, 0) is 0 Å². The average molecular weight is 310 g/mol. The van der Waals surface area contributed by atoms with Crippen molar-refractivity contribution in [3.63, 3.8) is 0 Å². The summed E-state index contributed by atoms with van der Waals surface area (Å²) in [6, 6.07) is 8.60. The zero-order valence-corrected chi connectivity index (χ0v) is 12.2. The molecule has 6 heteroatoms. The van der Waals surface area contributed by atoms with E-state index in [2.05, 4.69) is 10.3 Å². The van der Waals surface area contributed by atoms with E-state index in [1.807, 2.05) is 25.1 Å². The number of nitrogens with zero attached hydrogens (tertiary/aromatic N) is 1. The van der Waals surface area contributed by atoms with Crippen LogP contribution in [0.2, 0.25) is 10.0 Å². The maximum atomic E-state index is 12.1. The van der Waals surface area contributed by atoms with Crippen LogP contribution in [0, 0.1) is 0 Å². The number of hydrogen-bond acceptors (Lipinski definition) is 3. The molecule has 1 aromatic carbocycles. The van der Waals surface area contributed by atoms with Crippen LogP contribution < -0.4 is 11.1 Å². The van der Waals surface area contributed by atoms with Crippen molar-refractivity contribution in [3.8, 4) is 0 Å². The fraction of sp³-hybridized carbons (Fsp3) is 0.143. The minimum Gasteiger partial charge on any atom is -0.382 e. The molecule has 2 rings (SSSR count). The van der Waals surface area contributed by atoms with Crippen LogP contribution in [0.25, 0.3) is 0 Å². The molecule has 20 heavy (non-hydrogen) atoms. The summed E-state index contributed by atoms with van der Waals surface area (Å²) in [5.74, 6) is -0.0887. The van der Waals surface area contributed by atoms with Gasteiger partial charge in [-0.1, -0.05) is 41.4 Å². The van der Waals surface area contributed by atoms with Crippen molar-refractivity contribution in [2.24, 2.45) is 0 Å². The molecule has 3 N–H and O–H groups in total. The first kappa shape index (κ1) is 14.6. The molecule has 0 saturated heterocycles. The standard InChI is InChI=1S/C14H13Cl2N3O/c1-8(10-4-2-3-5-11(10)15)19-14(20)9-6-12(16)13(17)18-7-9/h2-8H,1H3,(H2,17,18)(H,19,20). The minimum absolute atomic E-state index is 0.197. The number of amides is 1. The van der Waals surface area contributed by atoms with Crippen LogP contribution in [0.4, 0.5) is 5.82 Å². The number of benzene rings is 1. The van der Waals surface area contributed by atoms with E-state index in [0.717, 1.165) is 5.56 Å². The summed E-state index contributed by atoms with van der Waals surface area (Å²) in [7, 11) is 0. The molecule has 1 heterocycles. The van der Waals surface area contributed by atoms with E-state index in [4.69, 9.17) is 28.9 Å². The molecule has 1 aromatic heterocycles. The number of nitrogen functional groups attached to an aromatic ring is 1. The first-order chi connectivity index (χ1) is 9.49. The van der Waals surface area contributed by atoms with Crippen molar-refractivity contribution in [1.29, 1.82) is 0 Å². The Morgan fingerprint density at radius 3 is 2.65 bits per heavy atom. The van der Waals surface area contributed by atoms with Crippen molar-refractivity contribution >= 4 is 34.9 Å². The summed E-state index contributed by atoms with van der Waals surface area (Å²) < 4.78 is 0. The van der Waals surface area contributed by atoms with Gasteiger partial charge >= 0.3 is 0 Å². The highest BCUT2D eigenvalue weighted by Gasteiger charge is 2.14. The maximum absolute atomic E-state index is 12.1. The summed E-state index contributed by atoms with van der Waals surface area (Å²) in [6.07, 6.45) is 1.38. The number of carbonyl (C=O) groups excluding carboxylic acids is 1. The third-order valence-electron chi connectivity index (χ3n) is 2.85. The van der Waals surface area contributed by atoms with E-state index in [1.165, 1.54) is 12.3 Å². The lowest BCUT2D eigenvalue weighted by molar-refractivity contribution is 0.0939. The number of aromatic nitrogens is 1. The molecule has 4 nitrogen and oxygen atoms in total. The highest BCUT2D eigenvalue weighted by Crippen LogP contribution is 2.23. The van der Waals surface area contributed by atoms with E-state index in [-0.39, 0.29) is 22.8 Å². The Morgan fingerprint density at radius 2 is 2.00 bits per heavy atom. The van der Waals surface area contributed by atoms with Gasteiger partial charge in [0.1, 0.15) is 5.82 Å². The van der Waals surface area contributed by atoms with Crippen LogP contribution in [0.3, 0.4) is 0 Å². The molecule has 2 aromatic rings. The molecule has 0 saturated carbocycles. The van der Waals surface area contributed by atoms with E-state index < -0.39 is 0 Å². The highest BCUT2D eigenvalue weighted by atomic mass is 35.5. The largest absolute Gasteiger partial charge is 0.382 e. The van der Waals surface area contributed by atoms with Gasteiger partial charge in [0.05, 0.1) is 16.6 Å². The topological polar surface area (TPSA) is 68.0 Å². The van der Waals surface area contributed by atoms with E-state index in [9.17, 15) is 4.79 Å². The summed E-state index contributed by atoms with van der Waals surface area (Å²) in [6.45, 7) is 1.85. The fourth-order valence-corrected chi connectivity index (χ4v) is 2.22. The predicted octanol–water partition coefficient (Wildman–Crippen LogP) is 3.46. The first-order valence-corrected chi connectivity index (χ1v) is 6.71. The van der Waals surface area contributed by atoms with Gasteiger partial charge in [-0.15, -0.1) is 0 Å². The molecule has 104 valence electrons. The molecule has 0 bridgehead atoms.